The lowest BCUT2D eigenvalue weighted by Gasteiger charge is -2.35. The quantitative estimate of drug-likeness (QED) is 0.693. The molecule has 0 radical (unpaired) electrons. The molecule has 0 bridgehead atoms. The number of nitrogens with two attached hydrogens (primary N) is 1. The number of nitrogens with zero attached hydrogens (tertiary/aromatic N) is 2. The van der Waals surface area contributed by atoms with Gasteiger partial charge in [-0.15, -0.1) is 0 Å². The summed E-state index contributed by atoms with van der Waals surface area (Å²) in [5.74, 6) is 0.571. The summed E-state index contributed by atoms with van der Waals surface area (Å²) in [5.41, 5.74) is 5.98. The molecule has 16 heavy (non-hydrogen) atoms. The Balaban J connectivity index is 1.72. The van der Waals surface area contributed by atoms with E-state index >= 15 is 0 Å². The molecule has 92 valence electrons. The fourth-order valence-corrected chi connectivity index (χ4v) is 2.44. The summed E-state index contributed by atoms with van der Waals surface area (Å²) in [7, 11) is 0. The third-order valence-corrected chi connectivity index (χ3v) is 3.69. The molecule has 0 saturated carbocycles. The van der Waals surface area contributed by atoms with E-state index in [4.69, 9.17) is 5.73 Å². The van der Waals surface area contributed by atoms with Crippen LogP contribution < -0.4 is 11.1 Å². The number of hydrogen-bond donors (Lipinski definition) is 2. The molecular formula is C11H22N4O. The van der Waals surface area contributed by atoms with E-state index in [1.54, 1.807) is 0 Å². The molecule has 2 heterocycles. The number of carbonyl (C=O) groups excluding carboxylic acids is 1. The molecule has 2 aliphatic rings. The minimum absolute atomic E-state index is 0.0850. The number of likely N-dealkylation sites (tertiary alicyclic amines) is 1. The molecule has 0 aromatic heterocycles. The van der Waals surface area contributed by atoms with Crippen molar-refractivity contribution in [1.29, 1.82) is 0 Å². The van der Waals surface area contributed by atoms with Gasteiger partial charge in [-0.3, -0.25) is 0 Å². The van der Waals surface area contributed by atoms with Crippen LogP contribution in [0.3, 0.4) is 0 Å². The van der Waals surface area contributed by atoms with Gasteiger partial charge in [0.2, 0.25) is 0 Å². The van der Waals surface area contributed by atoms with Gasteiger partial charge in [-0.2, -0.15) is 0 Å². The van der Waals surface area contributed by atoms with Crippen molar-refractivity contribution < 1.29 is 4.79 Å². The number of rotatable bonds is 3. The zero-order valence-electron chi connectivity index (χ0n) is 9.98. The first-order valence-corrected chi connectivity index (χ1v) is 6.17. The highest BCUT2D eigenvalue weighted by atomic mass is 16.2. The van der Waals surface area contributed by atoms with Gasteiger partial charge in [-0.1, -0.05) is 6.92 Å². The highest BCUT2D eigenvalue weighted by Gasteiger charge is 2.24. The average Bonchev–Trinajstić information content (AvgIpc) is 2.66. The molecule has 5 heteroatoms. The Kier molecular flexibility index (Phi) is 3.66. The van der Waals surface area contributed by atoms with Gasteiger partial charge in [0.15, 0.2) is 0 Å². The SMILES string of the molecule is CC1CN(CCN2CCNC2=O)CCC1N. The Morgan fingerprint density at radius 3 is 2.88 bits per heavy atom. The topological polar surface area (TPSA) is 61.6 Å². The van der Waals surface area contributed by atoms with Crippen LogP contribution in [0.1, 0.15) is 13.3 Å². The summed E-state index contributed by atoms with van der Waals surface area (Å²) in [5, 5.41) is 2.82. The third-order valence-electron chi connectivity index (χ3n) is 3.69. The van der Waals surface area contributed by atoms with Crippen molar-refractivity contribution in [2.75, 3.05) is 39.3 Å². The zero-order chi connectivity index (χ0) is 11.5. The zero-order valence-corrected chi connectivity index (χ0v) is 9.98. The Morgan fingerprint density at radius 1 is 1.44 bits per heavy atom. The lowest BCUT2D eigenvalue weighted by Crippen LogP contribution is -2.48. The van der Waals surface area contributed by atoms with Crippen LogP contribution in [0.4, 0.5) is 4.79 Å². The maximum absolute atomic E-state index is 11.3. The van der Waals surface area contributed by atoms with E-state index in [9.17, 15) is 4.79 Å². The molecule has 2 atom stereocenters. The van der Waals surface area contributed by atoms with E-state index in [0.29, 0.717) is 12.0 Å². The number of piperidine rings is 1. The number of amides is 2. The summed E-state index contributed by atoms with van der Waals surface area (Å²) < 4.78 is 0. The fraction of sp³-hybridized carbons (Fsp3) is 0.909. The highest BCUT2D eigenvalue weighted by molar-refractivity contribution is 5.76. The van der Waals surface area contributed by atoms with Crippen molar-refractivity contribution >= 4 is 6.03 Å². The molecular weight excluding hydrogens is 204 g/mol. The van der Waals surface area contributed by atoms with Crippen LogP contribution >= 0.6 is 0 Å². The van der Waals surface area contributed by atoms with Gasteiger partial charge in [0, 0.05) is 38.8 Å². The van der Waals surface area contributed by atoms with Gasteiger partial charge in [0.05, 0.1) is 0 Å². The smallest absolute Gasteiger partial charge is 0.317 e. The largest absolute Gasteiger partial charge is 0.336 e. The van der Waals surface area contributed by atoms with Crippen LogP contribution in [0.15, 0.2) is 0 Å². The van der Waals surface area contributed by atoms with E-state index in [-0.39, 0.29) is 6.03 Å². The van der Waals surface area contributed by atoms with Crippen molar-refractivity contribution in [2.45, 2.75) is 19.4 Å². The molecule has 2 unspecified atom stereocenters. The molecule has 2 saturated heterocycles. The van der Waals surface area contributed by atoms with Gasteiger partial charge in [-0.25, -0.2) is 4.79 Å². The number of nitrogens with one attached hydrogen (secondary N) is 1. The molecule has 2 aliphatic heterocycles. The lowest BCUT2D eigenvalue weighted by atomic mass is 9.95. The summed E-state index contributed by atoms with van der Waals surface area (Å²) in [6.07, 6.45) is 1.08. The average molecular weight is 226 g/mol. The van der Waals surface area contributed by atoms with E-state index in [2.05, 4.69) is 17.1 Å². The Labute approximate surface area is 96.9 Å². The summed E-state index contributed by atoms with van der Waals surface area (Å²) >= 11 is 0. The second-order valence-corrected chi connectivity index (χ2v) is 4.95. The Bertz CT molecular complexity index is 258. The van der Waals surface area contributed by atoms with Crippen molar-refractivity contribution in [3.8, 4) is 0 Å². The third kappa shape index (κ3) is 2.65. The van der Waals surface area contributed by atoms with Gasteiger partial charge in [0.1, 0.15) is 0 Å². The monoisotopic (exact) mass is 226 g/mol. The standard InChI is InChI=1S/C11H22N4O/c1-9-8-14(4-2-10(9)12)6-7-15-5-3-13-11(15)16/h9-10H,2-8,12H2,1H3,(H,13,16). The van der Waals surface area contributed by atoms with Gasteiger partial charge in [0.25, 0.3) is 0 Å². The Morgan fingerprint density at radius 2 is 2.25 bits per heavy atom. The van der Waals surface area contributed by atoms with Crippen molar-refractivity contribution in [3.63, 3.8) is 0 Å². The van der Waals surface area contributed by atoms with Crippen LogP contribution in [0, 0.1) is 5.92 Å². The van der Waals surface area contributed by atoms with E-state index in [1.165, 1.54) is 0 Å². The molecule has 3 N–H and O–H groups in total. The highest BCUT2D eigenvalue weighted by Crippen LogP contribution is 2.14. The molecule has 2 amide bonds. The number of urea groups is 1. The minimum Gasteiger partial charge on any atom is -0.336 e. The normalized spacial score (nSPS) is 31.9. The molecule has 0 aliphatic carbocycles. The van der Waals surface area contributed by atoms with Crippen molar-refractivity contribution in [3.05, 3.63) is 0 Å². The molecule has 0 spiro atoms. The van der Waals surface area contributed by atoms with Crippen LogP contribution in [0.25, 0.3) is 0 Å². The number of carbonyl (C=O) groups is 1. The van der Waals surface area contributed by atoms with Gasteiger partial charge >= 0.3 is 6.03 Å². The minimum atomic E-state index is 0.0850. The maximum atomic E-state index is 11.3. The molecule has 0 aromatic carbocycles. The van der Waals surface area contributed by atoms with E-state index < -0.39 is 0 Å². The second-order valence-electron chi connectivity index (χ2n) is 4.95. The van der Waals surface area contributed by atoms with Gasteiger partial charge < -0.3 is 20.9 Å². The number of hydrogen-bond acceptors (Lipinski definition) is 3. The maximum Gasteiger partial charge on any atom is 0.317 e. The van der Waals surface area contributed by atoms with Crippen LogP contribution in [-0.4, -0.2) is 61.1 Å². The molecule has 2 fully saturated rings. The first-order chi connectivity index (χ1) is 7.66. The van der Waals surface area contributed by atoms with E-state index in [1.807, 2.05) is 4.90 Å². The van der Waals surface area contributed by atoms with Crippen LogP contribution in [0.2, 0.25) is 0 Å². The fourth-order valence-electron chi connectivity index (χ4n) is 2.44. The molecule has 2 rings (SSSR count). The predicted molar refractivity (Wildman–Crippen MR) is 63.2 cm³/mol. The summed E-state index contributed by atoms with van der Waals surface area (Å²) in [6, 6.07) is 0.438. The summed E-state index contributed by atoms with van der Waals surface area (Å²) in [6.45, 7) is 7.80. The second kappa shape index (κ2) is 5.01. The van der Waals surface area contributed by atoms with Crippen LogP contribution in [0.5, 0.6) is 0 Å². The molecule has 0 aromatic rings. The van der Waals surface area contributed by atoms with Crippen LogP contribution in [-0.2, 0) is 0 Å². The summed E-state index contributed by atoms with van der Waals surface area (Å²) in [4.78, 5) is 15.6. The van der Waals surface area contributed by atoms with E-state index in [0.717, 1.165) is 45.7 Å². The van der Waals surface area contributed by atoms with Crippen molar-refractivity contribution in [2.24, 2.45) is 11.7 Å². The van der Waals surface area contributed by atoms with Gasteiger partial charge in [-0.05, 0) is 18.9 Å². The first-order valence-electron chi connectivity index (χ1n) is 6.17. The molecule has 5 nitrogen and oxygen atoms in total. The predicted octanol–water partition coefficient (Wildman–Crippen LogP) is -0.319. The van der Waals surface area contributed by atoms with Crippen molar-refractivity contribution in [1.82, 2.24) is 15.1 Å². The first kappa shape index (κ1) is 11.7. The Hall–Kier alpha value is -0.810. The lowest BCUT2D eigenvalue weighted by molar-refractivity contribution is 0.149.